The maximum Gasteiger partial charge on any atom is 0.350 e. The fraction of sp³-hybridized carbons (Fsp3) is 0.733. The minimum Gasteiger partial charge on any atom is -0.457 e. The number of hydrogen-bond donors (Lipinski definition) is 0. The second-order valence-electron chi connectivity index (χ2n) is 6.41. The van der Waals surface area contributed by atoms with Crippen LogP contribution in [0.15, 0.2) is 6.20 Å². The van der Waals surface area contributed by atoms with Gasteiger partial charge in [0.1, 0.15) is 11.0 Å². The highest BCUT2D eigenvalue weighted by molar-refractivity contribution is 7.13. The number of esters is 1. The van der Waals surface area contributed by atoms with Gasteiger partial charge >= 0.3 is 5.97 Å². The summed E-state index contributed by atoms with van der Waals surface area (Å²) in [4.78, 5) is 19.3. The molecule has 0 saturated carbocycles. The molecule has 0 N–H and O–H groups in total. The third-order valence-electron chi connectivity index (χ3n) is 3.28. The third kappa shape index (κ3) is 4.76. The van der Waals surface area contributed by atoms with Gasteiger partial charge in [0, 0.05) is 25.0 Å². The molecule has 1 aliphatic heterocycles. The van der Waals surface area contributed by atoms with E-state index >= 15 is 0 Å². The van der Waals surface area contributed by atoms with Crippen molar-refractivity contribution >= 4 is 17.3 Å². The van der Waals surface area contributed by atoms with E-state index in [1.54, 1.807) is 6.20 Å². The zero-order valence-corrected chi connectivity index (χ0v) is 14.0. The number of hydrogen-bond acceptors (Lipinski definition) is 6. The number of ether oxygens (including phenoxy) is 2. The van der Waals surface area contributed by atoms with E-state index in [0.29, 0.717) is 4.88 Å². The van der Waals surface area contributed by atoms with Gasteiger partial charge in [-0.1, -0.05) is 20.8 Å². The minimum absolute atomic E-state index is 0.0391. The highest BCUT2D eigenvalue weighted by Crippen LogP contribution is 2.27. The Morgan fingerprint density at radius 3 is 2.71 bits per heavy atom. The summed E-state index contributed by atoms with van der Waals surface area (Å²) < 4.78 is 10.8. The van der Waals surface area contributed by atoms with Crippen LogP contribution in [0.4, 0.5) is 0 Å². The monoisotopic (exact) mass is 312 g/mol. The van der Waals surface area contributed by atoms with Crippen molar-refractivity contribution in [3.63, 3.8) is 0 Å². The van der Waals surface area contributed by atoms with Crippen molar-refractivity contribution in [2.24, 2.45) is 0 Å². The SMILES string of the molecule is C[C@H](CN1CCOCC1)OC(=O)c1cnc(C(C)(C)C)s1. The number of morpholine rings is 1. The molecule has 1 atom stereocenters. The highest BCUT2D eigenvalue weighted by atomic mass is 32.1. The Balaban J connectivity index is 1.87. The molecule has 21 heavy (non-hydrogen) atoms. The van der Waals surface area contributed by atoms with Gasteiger partial charge in [0.15, 0.2) is 0 Å². The molecule has 2 rings (SSSR count). The molecular formula is C15H24N2O3S. The second kappa shape index (κ2) is 6.85. The summed E-state index contributed by atoms with van der Waals surface area (Å²) in [5.74, 6) is -0.274. The van der Waals surface area contributed by atoms with Gasteiger partial charge in [0.25, 0.3) is 0 Å². The molecule has 0 spiro atoms. The second-order valence-corrected chi connectivity index (χ2v) is 7.44. The predicted octanol–water partition coefficient (Wildman–Crippen LogP) is 2.32. The maximum atomic E-state index is 12.1. The van der Waals surface area contributed by atoms with Crippen molar-refractivity contribution in [2.45, 2.75) is 39.2 Å². The summed E-state index contributed by atoms with van der Waals surface area (Å²) >= 11 is 1.42. The van der Waals surface area contributed by atoms with Crippen molar-refractivity contribution < 1.29 is 14.3 Å². The Morgan fingerprint density at radius 2 is 2.14 bits per heavy atom. The first-order valence-electron chi connectivity index (χ1n) is 7.33. The molecule has 1 aliphatic rings. The molecule has 5 nitrogen and oxygen atoms in total. The lowest BCUT2D eigenvalue weighted by molar-refractivity contribution is 0.000714. The first kappa shape index (κ1) is 16.4. The summed E-state index contributed by atoms with van der Waals surface area (Å²) in [6.07, 6.45) is 1.49. The molecule has 2 heterocycles. The molecule has 0 aliphatic carbocycles. The van der Waals surface area contributed by atoms with Crippen LogP contribution in [0.25, 0.3) is 0 Å². The summed E-state index contributed by atoms with van der Waals surface area (Å²) in [5.41, 5.74) is -0.0391. The van der Waals surface area contributed by atoms with Gasteiger partial charge in [0.2, 0.25) is 0 Å². The summed E-state index contributed by atoms with van der Waals surface area (Å²) in [6, 6.07) is 0. The molecule has 0 bridgehead atoms. The summed E-state index contributed by atoms with van der Waals surface area (Å²) in [7, 11) is 0. The Hall–Kier alpha value is -0.980. The Labute approximate surface area is 130 Å². The van der Waals surface area contributed by atoms with Crippen molar-refractivity contribution in [1.29, 1.82) is 0 Å². The standard InChI is InChI=1S/C15H24N2O3S/c1-11(10-17-5-7-19-8-6-17)20-13(18)12-9-16-14(21-12)15(2,3)4/h9,11H,5-8,10H2,1-4H3/t11-/m1/s1. The molecule has 1 saturated heterocycles. The largest absolute Gasteiger partial charge is 0.457 e. The molecule has 0 aromatic carbocycles. The quantitative estimate of drug-likeness (QED) is 0.799. The Kier molecular flexibility index (Phi) is 5.35. The van der Waals surface area contributed by atoms with E-state index in [9.17, 15) is 4.79 Å². The van der Waals surface area contributed by atoms with Crippen molar-refractivity contribution in [1.82, 2.24) is 9.88 Å². The topological polar surface area (TPSA) is 51.7 Å². The normalized spacial score (nSPS) is 18.5. The van der Waals surface area contributed by atoms with Crippen molar-refractivity contribution in [2.75, 3.05) is 32.8 Å². The van der Waals surface area contributed by atoms with Gasteiger partial charge in [-0.05, 0) is 6.92 Å². The first-order chi connectivity index (χ1) is 9.86. The van der Waals surface area contributed by atoms with E-state index < -0.39 is 0 Å². The average molecular weight is 312 g/mol. The molecule has 0 amide bonds. The van der Waals surface area contributed by atoms with Gasteiger partial charge < -0.3 is 9.47 Å². The molecule has 1 aromatic heterocycles. The average Bonchev–Trinajstić information content (AvgIpc) is 2.89. The van der Waals surface area contributed by atoms with Crippen LogP contribution >= 0.6 is 11.3 Å². The Bertz CT molecular complexity index is 476. The first-order valence-corrected chi connectivity index (χ1v) is 8.15. The third-order valence-corrected chi connectivity index (χ3v) is 4.68. The van der Waals surface area contributed by atoms with Crippen LogP contribution in [0.2, 0.25) is 0 Å². The molecule has 1 aromatic rings. The molecule has 118 valence electrons. The maximum absolute atomic E-state index is 12.1. The minimum atomic E-state index is -0.274. The van der Waals surface area contributed by atoms with Crippen LogP contribution in [0.1, 0.15) is 42.4 Å². The van der Waals surface area contributed by atoms with E-state index in [0.717, 1.165) is 37.9 Å². The van der Waals surface area contributed by atoms with Crippen molar-refractivity contribution in [3.05, 3.63) is 16.1 Å². The van der Waals surface area contributed by atoms with Crippen LogP contribution in [-0.4, -0.2) is 54.8 Å². The van der Waals surface area contributed by atoms with Gasteiger partial charge in [-0.25, -0.2) is 9.78 Å². The van der Waals surface area contributed by atoms with Gasteiger partial charge in [-0.2, -0.15) is 0 Å². The number of aromatic nitrogens is 1. The lowest BCUT2D eigenvalue weighted by Crippen LogP contribution is -2.41. The molecule has 6 heteroatoms. The zero-order valence-electron chi connectivity index (χ0n) is 13.2. The molecular weight excluding hydrogens is 288 g/mol. The fourth-order valence-corrected chi connectivity index (χ4v) is 3.00. The van der Waals surface area contributed by atoms with E-state index in [4.69, 9.17) is 9.47 Å². The fourth-order valence-electron chi connectivity index (χ4n) is 2.14. The summed E-state index contributed by atoms with van der Waals surface area (Å²) in [5, 5.41) is 0.954. The number of thiazole rings is 1. The van der Waals surface area contributed by atoms with E-state index in [1.807, 2.05) is 6.92 Å². The number of rotatable bonds is 4. The molecule has 0 radical (unpaired) electrons. The van der Waals surface area contributed by atoms with Crippen molar-refractivity contribution in [3.8, 4) is 0 Å². The number of carbonyl (C=O) groups is 1. The van der Waals surface area contributed by atoms with Crippen LogP contribution in [0.5, 0.6) is 0 Å². The van der Waals surface area contributed by atoms with Crippen LogP contribution < -0.4 is 0 Å². The highest BCUT2D eigenvalue weighted by Gasteiger charge is 2.22. The smallest absolute Gasteiger partial charge is 0.350 e. The molecule has 1 fully saturated rings. The number of nitrogens with zero attached hydrogens (tertiary/aromatic N) is 2. The lowest BCUT2D eigenvalue weighted by Gasteiger charge is -2.28. The Morgan fingerprint density at radius 1 is 1.48 bits per heavy atom. The van der Waals surface area contributed by atoms with Crippen LogP contribution in [0, 0.1) is 0 Å². The van der Waals surface area contributed by atoms with E-state index in [-0.39, 0.29) is 17.5 Å². The summed E-state index contributed by atoms with van der Waals surface area (Å²) in [6.45, 7) is 12.2. The van der Waals surface area contributed by atoms with E-state index in [2.05, 4.69) is 30.7 Å². The van der Waals surface area contributed by atoms with Crippen LogP contribution in [-0.2, 0) is 14.9 Å². The lowest BCUT2D eigenvalue weighted by atomic mass is 9.98. The molecule has 0 unspecified atom stereocenters. The van der Waals surface area contributed by atoms with E-state index in [1.165, 1.54) is 11.3 Å². The zero-order chi connectivity index (χ0) is 15.5. The van der Waals surface area contributed by atoms with Gasteiger partial charge in [0.05, 0.1) is 24.4 Å². The van der Waals surface area contributed by atoms with Gasteiger partial charge in [-0.3, -0.25) is 4.90 Å². The van der Waals surface area contributed by atoms with Crippen LogP contribution in [0.3, 0.4) is 0 Å². The predicted molar refractivity (Wildman–Crippen MR) is 83.0 cm³/mol. The van der Waals surface area contributed by atoms with Gasteiger partial charge in [-0.15, -0.1) is 11.3 Å². The number of carbonyl (C=O) groups excluding carboxylic acids is 1.